The van der Waals surface area contributed by atoms with Crippen molar-refractivity contribution in [2.75, 3.05) is 26.2 Å². The van der Waals surface area contributed by atoms with E-state index < -0.39 is 0 Å². The van der Waals surface area contributed by atoms with Crippen molar-refractivity contribution in [3.63, 3.8) is 0 Å². The van der Waals surface area contributed by atoms with Crippen LogP contribution in [0.2, 0.25) is 0 Å². The van der Waals surface area contributed by atoms with E-state index in [1.165, 1.54) is 0 Å². The first-order chi connectivity index (χ1) is 13.8. The summed E-state index contributed by atoms with van der Waals surface area (Å²) in [5.74, 6) is 1.55. The molecule has 0 spiro atoms. The van der Waals surface area contributed by atoms with E-state index in [1.54, 1.807) is 0 Å². The molecule has 0 saturated carbocycles. The fourth-order valence-electron chi connectivity index (χ4n) is 4.47. The van der Waals surface area contributed by atoms with Crippen LogP contribution in [-0.4, -0.2) is 52.8 Å². The minimum absolute atomic E-state index is 0.0416. The zero-order valence-corrected chi connectivity index (χ0v) is 17.7. The third-order valence-electron chi connectivity index (χ3n) is 6.24. The number of carbonyl (C=O) groups excluding carboxylic acids is 2. The van der Waals surface area contributed by atoms with Crippen molar-refractivity contribution >= 4 is 22.9 Å². The molecule has 6 nitrogen and oxygen atoms in total. The van der Waals surface area contributed by atoms with Gasteiger partial charge in [0.1, 0.15) is 5.52 Å². The Morgan fingerprint density at radius 1 is 0.966 bits per heavy atom. The Kier molecular flexibility index (Phi) is 5.36. The second kappa shape index (κ2) is 7.81. The van der Waals surface area contributed by atoms with Gasteiger partial charge >= 0.3 is 0 Å². The number of amides is 2. The molecule has 6 heteroatoms. The van der Waals surface area contributed by atoms with Gasteiger partial charge < -0.3 is 14.2 Å². The molecule has 4 rings (SSSR count). The van der Waals surface area contributed by atoms with Crippen LogP contribution in [0.1, 0.15) is 58.3 Å². The van der Waals surface area contributed by atoms with Gasteiger partial charge in [0.15, 0.2) is 11.5 Å². The third-order valence-corrected chi connectivity index (χ3v) is 6.24. The number of piperidine rings is 2. The average molecular weight is 398 g/mol. The summed E-state index contributed by atoms with van der Waals surface area (Å²) < 4.78 is 5.93. The second-order valence-corrected chi connectivity index (χ2v) is 9.44. The quantitative estimate of drug-likeness (QED) is 0.773. The SMILES string of the molecule is CC(C)(C)C(=O)N1CCC(C(=O)N2CCC(c3nc4ccccc4o3)CC2)CC1. The first-order valence-electron chi connectivity index (χ1n) is 10.8. The molecule has 0 radical (unpaired) electrons. The standard InChI is InChI=1S/C23H31N3O3/c1-23(2,3)22(28)26-14-10-17(11-15-26)21(27)25-12-8-16(9-13-25)20-24-18-6-4-5-7-19(18)29-20/h4-7,16-17H,8-15H2,1-3H3. The van der Waals surface area contributed by atoms with Crippen LogP contribution in [0.4, 0.5) is 0 Å². The lowest BCUT2D eigenvalue weighted by molar-refractivity contribution is -0.145. The van der Waals surface area contributed by atoms with Gasteiger partial charge in [-0.1, -0.05) is 32.9 Å². The predicted molar refractivity (Wildman–Crippen MR) is 111 cm³/mol. The van der Waals surface area contributed by atoms with Gasteiger partial charge in [0.05, 0.1) is 0 Å². The molecule has 0 aliphatic carbocycles. The van der Waals surface area contributed by atoms with E-state index in [0.29, 0.717) is 13.1 Å². The summed E-state index contributed by atoms with van der Waals surface area (Å²) in [6.45, 7) is 8.74. The smallest absolute Gasteiger partial charge is 0.227 e. The van der Waals surface area contributed by atoms with Crippen LogP contribution in [-0.2, 0) is 9.59 Å². The molecule has 2 aliphatic heterocycles. The van der Waals surface area contributed by atoms with Crippen LogP contribution < -0.4 is 0 Å². The van der Waals surface area contributed by atoms with Crippen LogP contribution >= 0.6 is 0 Å². The normalized spacial score (nSPS) is 19.7. The number of likely N-dealkylation sites (tertiary alicyclic amines) is 2. The monoisotopic (exact) mass is 397 g/mol. The summed E-state index contributed by atoms with van der Waals surface area (Å²) in [7, 11) is 0. The predicted octanol–water partition coefficient (Wildman–Crippen LogP) is 3.82. The topological polar surface area (TPSA) is 66.7 Å². The third kappa shape index (κ3) is 4.16. The molecular formula is C23H31N3O3. The summed E-state index contributed by atoms with van der Waals surface area (Å²) in [5.41, 5.74) is 1.37. The summed E-state index contributed by atoms with van der Waals surface area (Å²) in [6.07, 6.45) is 3.32. The molecule has 2 aromatic rings. The van der Waals surface area contributed by atoms with Crippen molar-refractivity contribution < 1.29 is 14.0 Å². The van der Waals surface area contributed by atoms with Gasteiger partial charge in [-0.25, -0.2) is 4.98 Å². The Bertz CT molecular complexity index is 849. The van der Waals surface area contributed by atoms with Crippen molar-refractivity contribution in [1.29, 1.82) is 0 Å². The summed E-state index contributed by atoms with van der Waals surface area (Å²) in [4.78, 5) is 34.0. The van der Waals surface area contributed by atoms with Crippen molar-refractivity contribution in [2.45, 2.75) is 52.4 Å². The maximum absolute atomic E-state index is 13.0. The number of rotatable bonds is 2. The van der Waals surface area contributed by atoms with Gasteiger partial charge in [-0.3, -0.25) is 9.59 Å². The molecule has 0 unspecified atom stereocenters. The number of nitrogens with zero attached hydrogens (tertiary/aromatic N) is 3. The number of hydrogen-bond donors (Lipinski definition) is 0. The van der Waals surface area contributed by atoms with E-state index in [9.17, 15) is 9.59 Å². The number of para-hydroxylation sites is 2. The van der Waals surface area contributed by atoms with Gasteiger partial charge in [0.2, 0.25) is 11.8 Å². The number of hydrogen-bond acceptors (Lipinski definition) is 4. The maximum atomic E-state index is 13.0. The van der Waals surface area contributed by atoms with Gasteiger partial charge in [0, 0.05) is 43.4 Å². The molecule has 0 N–H and O–H groups in total. The van der Waals surface area contributed by atoms with Crippen LogP contribution in [0.5, 0.6) is 0 Å². The molecule has 29 heavy (non-hydrogen) atoms. The Morgan fingerprint density at radius 2 is 1.59 bits per heavy atom. The van der Waals surface area contributed by atoms with Crippen molar-refractivity contribution in [3.05, 3.63) is 30.2 Å². The van der Waals surface area contributed by atoms with E-state index in [0.717, 1.165) is 55.8 Å². The minimum atomic E-state index is -0.358. The van der Waals surface area contributed by atoms with E-state index in [4.69, 9.17) is 4.42 Å². The highest BCUT2D eigenvalue weighted by atomic mass is 16.3. The summed E-state index contributed by atoms with van der Waals surface area (Å²) in [5, 5.41) is 0. The van der Waals surface area contributed by atoms with Crippen LogP contribution in [0, 0.1) is 11.3 Å². The molecule has 1 aromatic heterocycles. The fourth-order valence-corrected chi connectivity index (χ4v) is 4.47. The van der Waals surface area contributed by atoms with Crippen LogP contribution in [0.3, 0.4) is 0 Å². The lowest BCUT2D eigenvalue weighted by atomic mass is 9.89. The first kappa shape index (κ1) is 19.9. The lowest BCUT2D eigenvalue weighted by Crippen LogP contribution is -2.48. The van der Waals surface area contributed by atoms with Crippen molar-refractivity contribution in [3.8, 4) is 0 Å². The zero-order valence-electron chi connectivity index (χ0n) is 17.7. The number of oxazole rings is 1. The molecular weight excluding hydrogens is 366 g/mol. The maximum Gasteiger partial charge on any atom is 0.227 e. The van der Waals surface area contributed by atoms with Crippen molar-refractivity contribution in [2.24, 2.45) is 11.3 Å². The number of aromatic nitrogens is 1. The summed E-state index contributed by atoms with van der Waals surface area (Å²) >= 11 is 0. The minimum Gasteiger partial charge on any atom is -0.440 e. The summed E-state index contributed by atoms with van der Waals surface area (Å²) in [6, 6.07) is 7.84. The largest absolute Gasteiger partial charge is 0.440 e. The molecule has 1 aromatic carbocycles. The van der Waals surface area contributed by atoms with E-state index >= 15 is 0 Å². The molecule has 156 valence electrons. The second-order valence-electron chi connectivity index (χ2n) is 9.44. The van der Waals surface area contributed by atoms with Crippen molar-refractivity contribution in [1.82, 2.24) is 14.8 Å². The fraction of sp³-hybridized carbons (Fsp3) is 0.609. The number of fused-ring (bicyclic) bond motifs is 1. The van der Waals surface area contributed by atoms with E-state index in [2.05, 4.69) is 4.98 Å². The Labute approximate surface area is 172 Å². The Morgan fingerprint density at radius 3 is 2.21 bits per heavy atom. The Balaban J connectivity index is 1.30. The van der Waals surface area contributed by atoms with Gasteiger partial charge in [0.25, 0.3) is 0 Å². The molecule has 2 amide bonds. The lowest BCUT2D eigenvalue weighted by Gasteiger charge is -2.38. The molecule has 2 aliphatic rings. The highest BCUT2D eigenvalue weighted by Gasteiger charge is 2.35. The molecule has 2 saturated heterocycles. The van der Waals surface area contributed by atoms with Crippen LogP contribution in [0.15, 0.2) is 28.7 Å². The molecule has 2 fully saturated rings. The Hall–Kier alpha value is -2.37. The van der Waals surface area contributed by atoms with E-state index in [1.807, 2.05) is 54.8 Å². The highest BCUT2D eigenvalue weighted by Crippen LogP contribution is 2.31. The number of carbonyl (C=O) groups is 2. The average Bonchev–Trinajstić information content (AvgIpc) is 3.16. The molecule has 3 heterocycles. The number of benzene rings is 1. The highest BCUT2D eigenvalue weighted by molar-refractivity contribution is 5.83. The zero-order chi connectivity index (χ0) is 20.6. The van der Waals surface area contributed by atoms with Gasteiger partial charge in [-0.05, 0) is 37.8 Å². The first-order valence-corrected chi connectivity index (χ1v) is 10.8. The molecule has 0 atom stereocenters. The van der Waals surface area contributed by atoms with Crippen LogP contribution in [0.25, 0.3) is 11.1 Å². The van der Waals surface area contributed by atoms with E-state index in [-0.39, 0.29) is 29.1 Å². The van der Waals surface area contributed by atoms with Gasteiger partial charge in [-0.2, -0.15) is 0 Å². The van der Waals surface area contributed by atoms with Gasteiger partial charge in [-0.15, -0.1) is 0 Å². The molecule has 0 bridgehead atoms.